The highest BCUT2D eigenvalue weighted by atomic mass is 15.3. The minimum absolute atomic E-state index is 0.0428. The molecule has 0 spiro atoms. The number of hydrogen-bond donors (Lipinski definition) is 1. The van der Waals surface area contributed by atoms with Gasteiger partial charge in [-0.15, -0.1) is 0 Å². The maximum absolute atomic E-state index is 5.34. The van der Waals surface area contributed by atoms with Crippen molar-refractivity contribution in [2.75, 3.05) is 4.90 Å². The van der Waals surface area contributed by atoms with Gasteiger partial charge >= 0.3 is 0 Å². The summed E-state index contributed by atoms with van der Waals surface area (Å²) in [4.78, 5) is 13.0. The number of aromatic nitrogens is 2. The molecule has 240 valence electrons. The van der Waals surface area contributed by atoms with Gasteiger partial charge in [-0.25, -0.2) is 4.98 Å². The van der Waals surface area contributed by atoms with E-state index in [2.05, 4.69) is 173 Å². The molecule has 2 aliphatic heterocycles. The Morgan fingerprint density at radius 1 is 0.660 bits per heavy atom. The highest BCUT2D eigenvalue weighted by molar-refractivity contribution is 6.05. The zero-order valence-corrected chi connectivity index (χ0v) is 27.6. The smallest absolute Gasteiger partial charge is 0.138 e. The summed E-state index contributed by atoms with van der Waals surface area (Å²) in [6.07, 6.45) is 7.23. The summed E-state index contributed by atoms with van der Waals surface area (Å²) in [6, 6.07) is 51.8. The third kappa shape index (κ3) is 4.66. The molecule has 2 atom stereocenters. The lowest BCUT2D eigenvalue weighted by atomic mass is 9.92. The Labute approximate surface area is 291 Å². The third-order valence-corrected chi connectivity index (χ3v) is 10.4. The first-order valence-corrected chi connectivity index (χ1v) is 17.5. The van der Waals surface area contributed by atoms with Gasteiger partial charge in [-0.05, 0) is 65.9 Å². The molecule has 0 saturated carbocycles. The third-order valence-electron chi connectivity index (χ3n) is 10.4. The molecule has 2 unspecified atom stereocenters. The summed E-state index contributed by atoms with van der Waals surface area (Å²) >= 11 is 0. The van der Waals surface area contributed by atoms with Crippen LogP contribution in [0, 0.1) is 0 Å². The second-order valence-corrected chi connectivity index (χ2v) is 13.3. The van der Waals surface area contributed by atoms with Crippen molar-refractivity contribution in [1.82, 2.24) is 14.9 Å². The van der Waals surface area contributed by atoms with Crippen LogP contribution in [0.2, 0.25) is 0 Å². The number of benzene rings is 5. The Hall–Kier alpha value is -6.04. The van der Waals surface area contributed by atoms with Gasteiger partial charge in [0.15, 0.2) is 0 Å². The Bertz CT molecular complexity index is 2460. The molecule has 10 rings (SSSR count). The molecule has 4 heterocycles. The largest absolute Gasteiger partial charge is 0.323 e. The lowest BCUT2D eigenvalue weighted by Gasteiger charge is -2.34. The fraction of sp³-hybridized carbons (Fsp3) is 0.111. The number of aliphatic imine (C=N–C) groups is 1. The summed E-state index contributed by atoms with van der Waals surface area (Å²) in [5, 5.41) is 5.16. The van der Waals surface area contributed by atoms with Crippen molar-refractivity contribution in [3.63, 3.8) is 0 Å². The molecule has 1 aliphatic carbocycles. The summed E-state index contributed by atoms with van der Waals surface area (Å²) in [6.45, 7) is 0. The Balaban J connectivity index is 1.23. The zero-order valence-electron chi connectivity index (χ0n) is 27.6. The highest BCUT2D eigenvalue weighted by Gasteiger charge is 2.37. The van der Waals surface area contributed by atoms with Gasteiger partial charge in [-0.2, -0.15) is 0 Å². The maximum Gasteiger partial charge on any atom is 0.138 e. The van der Waals surface area contributed by atoms with E-state index in [9.17, 15) is 0 Å². The lowest BCUT2D eigenvalue weighted by molar-refractivity contribution is 0.350. The van der Waals surface area contributed by atoms with E-state index in [1.54, 1.807) is 0 Å². The molecule has 5 heteroatoms. The number of fused-ring (bicyclic) bond motifs is 8. The summed E-state index contributed by atoms with van der Waals surface area (Å²) in [5.74, 6) is 0.910. The predicted octanol–water partition coefficient (Wildman–Crippen LogP) is 10.8. The minimum Gasteiger partial charge on any atom is -0.323 e. The van der Waals surface area contributed by atoms with Crippen molar-refractivity contribution in [1.29, 1.82) is 0 Å². The van der Waals surface area contributed by atoms with Crippen molar-refractivity contribution in [2.45, 2.75) is 31.6 Å². The van der Waals surface area contributed by atoms with Gasteiger partial charge < -0.3 is 4.57 Å². The molecule has 0 saturated heterocycles. The van der Waals surface area contributed by atoms with E-state index in [0.717, 1.165) is 58.6 Å². The molecule has 50 heavy (non-hydrogen) atoms. The quantitative estimate of drug-likeness (QED) is 0.207. The van der Waals surface area contributed by atoms with E-state index < -0.39 is 0 Å². The number of anilines is 3. The zero-order chi connectivity index (χ0) is 33.0. The SMILES string of the molecule is C1=Cc2c(c3c(n2C2CC(c4ccccc4)=NC(c4ccccc4)N2)-c2ccccc2N(c2ccc4ccccc4n2)c2ccccc2-3)CC1. The van der Waals surface area contributed by atoms with Crippen LogP contribution in [0.25, 0.3) is 39.4 Å². The number of para-hydroxylation sites is 3. The molecule has 0 fully saturated rings. The first-order valence-electron chi connectivity index (χ1n) is 17.5. The first-order chi connectivity index (χ1) is 24.8. The first kappa shape index (κ1) is 28.9. The van der Waals surface area contributed by atoms with Gasteiger partial charge in [-0.3, -0.25) is 15.2 Å². The van der Waals surface area contributed by atoms with Gasteiger partial charge in [0.05, 0.1) is 28.8 Å². The van der Waals surface area contributed by atoms with Crippen LogP contribution in [-0.4, -0.2) is 15.3 Å². The molecule has 1 N–H and O–H groups in total. The normalized spacial score (nSPS) is 17.7. The van der Waals surface area contributed by atoms with E-state index in [1.165, 1.54) is 39.2 Å². The molecule has 0 amide bonds. The van der Waals surface area contributed by atoms with Crippen LogP contribution in [0.4, 0.5) is 17.2 Å². The fourth-order valence-electron chi connectivity index (χ4n) is 8.16. The standard InChI is InChI=1S/C45H35N5/c1-3-15-30(16-4-1)37-29-42(48-45(47-37)32-18-5-2-6-19-32)50-39-25-13-9-21-34(39)43-33-20-8-12-24-38(33)49(40-26-14-10-22-35(40)44(43)50)41-28-27-31-17-7-11-23-36(31)46-41/h1-8,10-20,22-28,42,45,48H,9,21,29H2. The molecule has 0 bridgehead atoms. The minimum atomic E-state index is -0.182. The van der Waals surface area contributed by atoms with E-state index >= 15 is 0 Å². The van der Waals surface area contributed by atoms with Crippen LogP contribution in [-0.2, 0) is 6.42 Å². The van der Waals surface area contributed by atoms with Crippen LogP contribution in [0.15, 0.2) is 157 Å². The van der Waals surface area contributed by atoms with Crippen molar-refractivity contribution in [3.05, 3.63) is 174 Å². The van der Waals surface area contributed by atoms with Crippen LogP contribution in [0.1, 0.15) is 47.6 Å². The second kappa shape index (κ2) is 11.8. The summed E-state index contributed by atoms with van der Waals surface area (Å²) in [5.41, 5.74) is 14.4. The molecule has 2 aromatic heterocycles. The predicted molar refractivity (Wildman–Crippen MR) is 205 cm³/mol. The van der Waals surface area contributed by atoms with Crippen molar-refractivity contribution in [2.24, 2.45) is 4.99 Å². The number of nitrogens with one attached hydrogen (secondary N) is 1. The molecule has 3 aliphatic rings. The van der Waals surface area contributed by atoms with Crippen molar-refractivity contribution >= 4 is 39.9 Å². The van der Waals surface area contributed by atoms with Crippen molar-refractivity contribution < 1.29 is 0 Å². The Morgan fingerprint density at radius 2 is 1.36 bits per heavy atom. The van der Waals surface area contributed by atoms with Crippen LogP contribution < -0.4 is 10.2 Å². The van der Waals surface area contributed by atoms with Gasteiger partial charge in [0.1, 0.15) is 12.0 Å². The Kier molecular flexibility index (Phi) is 6.84. The molecule has 5 nitrogen and oxygen atoms in total. The fourth-order valence-corrected chi connectivity index (χ4v) is 8.16. The maximum atomic E-state index is 5.34. The van der Waals surface area contributed by atoms with Gasteiger partial charge in [-0.1, -0.05) is 121 Å². The number of rotatable bonds is 4. The van der Waals surface area contributed by atoms with E-state index in [1.807, 2.05) is 0 Å². The topological polar surface area (TPSA) is 45.5 Å². The summed E-state index contributed by atoms with van der Waals surface area (Å²) in [7, 11) is 0. The lowest BCUT2D eigenvalue weighted by Crippen LogP contribution is -2.37. The monoisotopic (exact) mass is 645 g/mol. The highest BCUT2D eigenvalue weighted by Crippen LogP contribution is 2.54. The summed E-state index contributed by atoms with van der Waals surface area (Å²) < 4.78 is 2.60. The molecular weight excluding hydrogens is 611 g/mol. The number of pyridine rings is 1. The van der Waals surface area contributed by atoms with E-state index in [0.29, 0.717) is 0 Å². The second-order valence-electron chi connectivity index (χ2n) is 13.3. The molecular formula is C45H35N5. The average molecular weight is 646 g/mol. The number of hydrogen-bond acceptors (Lipinski definition) is 4. The Morgan fingerprint density at radius 3 is 2.20 bits per heavy atom. The van der Waals surface area contributed by atoms with E-state index in [4.69, 9.17) is 9.98 Å². The van der Waals surface area contributed by atoms with Gasteiger partial charge in [0.25, 0.3) is 0 Å². The average Bonchev–Trinajstić information content (AvgIpc) is 3.47. The van der Waals surface area contributed by atoms with Gasteiger partial charge in [0, 0.05) is 39.9 Å². The molecule has 7 aromatic rings. The number of nitrogens with zero attached hydrogens (tertiary/aromatic N) is 4. The van der Waals surface area contributed by atoms with Crippen LogP contribution in [0.3, 0.4) is 0 Å². The molecule has 5 aromatic carbocycles. The van der Waals surface area contributed by atoms with Gasteiger partial charge in [0.2, 0.25) is 0 Å². The van der Waals surface area contributed by atoms with Crippen LogP contribution in [0.5, 0.6) is 0 Å². The van der Waals surface area contributed by atoms with Crippen molar-refractivity contribution in [3.8, 4) is 22.4 Å². The number of allylic oxidation sites excluding steroid dienone is 1. The molecule has 0 radical (unpaired) electrons. The van der Waals surface area contributed by atoms with Crippen LogP contribution >= 0.6 is 0 Å². The van der Waals surface area contributed by atoms with E-state index in [-0.39, 0.29) is 12.3 Å².